The molecule has 13 rings (SSSR count). The minimum atomic E-state index is 1.10. The van der Waals surface area contributed by atoms with Crippen LogP contribution in [0.4, 0.5) is 17.1 Å². The van der Waals surface area contributed by atoms with Crippen LogP contribution in [-0.4, -0.2) is 4.57 Å². The van der Waals surface area contributed by atoms with Crippen LogP contribution < -0.4 is 4.90 Å². The molecular weight excluding hydrogens is 805 g/mol. The molecule has 0 aliphatic heterocycles. The largest absolute Gasteiger partial charge is 0.309 e. The number of thiophene rings is 1. The molecule has 0 fully saturated rings. The van der Waals surface area contributed by atoms with Gasteiger partial charge in [-0.1, -0.05) is 170 Å². The van der Waals surface area contributed by atoms with Crippen molar-refractivity contribution < 1.29 is 0 Å². The summed E-state index contributed by atoms with van der Waals surface area (Å²) in [5.41, 5.74) is 14.0. The second-order valence-electron chi connectivity index (χ2n) is 16.8. The SMILES string of the molecule is c1ccc(-c2ccc3c(N(c4ccc5sc6ccccc6c5c4)c4ccc5c(c4)c4ccccc4n5-c4ccccc4)c4cc(-c5ccccc5)ccc4c(-c4ccccc4)c3c2)cc1. The van der Waals surface area contributed by atoms with Crippen molar-refractivity contribution in [2.45, 2.75) is 0 Å². The third-order valence-corrected chi connectivity index (χ3v) is 14.3. The van der Waals surface area contributed by atoms with Crippen LogP contribution in [0.1, 0.15) is 0 Å². The highest BCUT2D eigenvalue weighted by Crippen LogP contribution is 2.51. The molecule has 2 aromatic heterocycles. The standard InChI is InChI=1S/C62H40N2S/c1-5-17-41(18-6-1)44-30-34-52-55(37-44)61(43-21-9-3-10-22-43)51-33-29-45(42-19-7-2-8-20-42)38-56(51)62(52)63(48-32-36-60-54(40-48)50-26-14-16-28-59(50)65-60)47-31-35-58-53(39-47)49-25-13-15-27-57(49)64(58)46-23-11-4-12-24-46/h1-40H. The lowest BCUT2D eigenvalue weighted by atomic mass is 9.87. The van der Waals surface area contributed by atoms with Gasteiger partial charge in [0.2, 0.25) is 0 Å². The Morgan fingerprint density at radius 1 is 0.292 bits per heavy atom. The zero-order valence-corrected chi connectivity index (χ0v) is 36.2. The van der Waals surface area contributed by atoms with Gasteiger partial charge in [0.25, 0.3) is 0 Å². The summed E-state index contributed by atoms with van der Waals surface area (Å²) in [4.78, 5) is 2.55. The average molecular weight is 845 g/mol. The number of benzene rings is 11. The van der Waals surface area contributed by atoms with Crippen LogP contribution in [0, 0.1) is 0 Å². The maximum absolute atomic E-state index is 2.55. The van der Waals surface area contributed by atoms with Gasteiger partial charge in [0.15, 0.2) is 0 Å². The molecule has 0 saturated heterocycles. The van der Waals surface area contributed by atoms with Gasteiger partial charge in [-0.25, -0.2) is 0 Å². The molecule has 0 atom stereocenters. The highest BCUT2D eigenvalue weighted by atomic mass is 32.1. The smallest absolute Gasteiger partial charge is 0.0619 e. The van der Waals surface area contributed by atoms with Crippen LogP contribution in [-0.2, 0) is 0 Å². The molecule has 0 spiro atoms. The van der Waals surface area contributed by atoms with Crippen LogP contribution in [0.25, 0.3) is 103 Å². The molecule has 13 aromatic rings. The van der Waals surface area contributed by atoms with Crippen LogP contribution in [0.3, 0.4) is 0 Å². The predicted octanol–water partition coefficient (Wildman–Crippen LogP) is 17.9. The summed E-state index contributed by atoms with van der Waals surface area (Å²) in [7, 11) is 0. The number of hydrogen-bond acceptors (Lipinski definition) is 2. The van der Waals surface area contributed by atoms with Crippen molar-refractivity contribution in [1.82, 2.24) is 4.57 Å². The van der Waals surface area contributed by atoms with Crippen molar-refractivity contribution in [1.29, 1.82) is 0 Å². The van der Waals surface area contributed by atoms with Gasteiger partial charge in [-0.2, -0.15) is 0 Å². The highest BCUT2D eigenvalue weighted by Gasteiger charge is 2.25. The molecule has 0 aliphatic carbocycles. The number of anilines is 3. The van der Waals surface area contributed by atoms with E-state index in [1.54, 1.807) is 0 Å². The Balaban J connectivity index is 1.18. The third kappa shape index (κ3) is 6.16. The Morgan fingerprint density at radius 2 is 0.815 bits per heavy atom. The molecule has 304 valence electrons. The molecule has 11 aromatic carbocycles. The van der Waals surface area contributed by atoms with Gasteiger partial charge in [-0.15, -0.1) is 11.3 Å². The minimum Gasteiger partial charge on any atom is -0.309 e. The van der Waals surface area contributed by atoms with Crippen LogP contribution in [0.2, 0.25) is 0 Å². The van der Waals surface area contributed by atoms with Crippen molar-refractivity contribution >= 4 is 91.9 Å². The van der Waals surface area contributed by atoms with Gasteiger partial charge in [-0.3, -0.25) is 0 Å². The molecule has 65 heavy (non-hydrogen) atoms. The molecule has 0 saturated carbocycles. The lowest BCUT2D eigenvalue weighted by molar-refractivity contribution is 1.18. The van der Waals surface area contributed by atoms with E-state index in [0.717, 1.165) is 22.7 Å². The van der Waals surface area contributed by atoms with Crippen molar-refractivity contribution in [3.63, 3.8) is 0 Å². The number of nitrogens with zero attached hydrogens (tertiary/aromatic N) is 2. The van der Waals surface area contributed by atoms with E-state index in [-0.39, 0.29) is 0 Å². The highest BCUT2D eigenvalue weighted by molar-refractivity contribution is 7.25. The van der Waals surface area contributed by atoms with Gasteiger partial charge >= 0.3 is 0 Å². The van der Waals surface area contributed by atoms with E-state index < -0.39 is 0 Å². The zero-order chi connectivity index (χ0) is 42.8. The van der Waals surface area contributed by atoms with Gasteiger partial charge in [0.1, 0.15) is 0 Å². The molecule has 0 N–H and O–H groups in total. The monoisotopic (exact) mass is 844 g/mol. The fourth-order valence-corrected chi connectivity index (χ4v) is 11.3. The quantitative estimate of drug-likeness (QED) is 0.145. The lowest BCUT2D eigenvalue weighted by Gasteiger charge is -2.30. The number of hydrogen-bond donors (Lipinski definition) is 0. The van der Waals surface area contributed by atoms with Crippen LogP contribution in [0.15, 0.2) is 243 Å². The lowest BCUT2D eigenvalue weighted by Crippen LogP contribution is -2.12. The zero-order valence-electron chi connectivity index (χ0n) is 35.4. The molecule has 2 nitrogen and oxygen atoms in total. The van der Waals surface area contributed by atoms with Gasteiger partial charge in [0.05, 0.1) is 16.7 Å². The Bertz CT molecular complexity index is 3930. The van der Waals surface area contributed by atoms with Gasteiger partial charge < -0.3 is 9.47 Å². The number of aromatic nitrogens is 1. The molecular formula is C62H40N2S. The predicted molar refractivity (Wildman–Crippen MR) is 280 cm³/mol. The van der Waals surface area contributed by atoms with E-state index in [1.807, 2.05) is 11.3 Å². The van der Waals surface area contributed by atoms with E-state index >= 15 is 0 Å². The molecule has 0 bridgehead atoms. The van der Waals surface area contributed by atoms with E-state index in [4.69, 9.17) is 0 Å². The molecule has 0 radical (unpaired) electrons. The van der Waals surface area contributed by atoms with Crippen molar-refractivity contribution in [2.75, 3.05) is 4.90 Å². The first-order valence-electron chi connectivity index (χ1n) is 22.2. The Labute approximate surface area is 381 Å². The fraction of sp³-hybridized carbons (Fsp3) is 0. The summed E-state index contributed by atoms with van der Waals surface area (Å²) in [5, 5.41) is 9.76. The molecule has 0 aliphatic rings. The number of fused-ring (bicyclic) bond motifs is 8. The fourth-order valence-electron chi connectivity index (χ4n) is 10.2. The van der Waals surface area contributed by atoms with E-state index in [2.05, 4.69) is 252 Å². The second kappa shape index (κ2) is 15.2. The normalized spacial score (nSPS) is 11.7. The Hall–Kier alpha value is -8.24. The summed E-state index contributed by atoms with van der Waals surface area (Å²) < 4.78 is 4.98. The average Bonchev–Trinajstić information content (AvgIpc) is 3.92. The van der Waals surface area contributed by atoms with Crippen molar-refractivity contribution in [2.24, 2.45) is 0 Å². The Kier molecular flexibility index (Phi) is 8.75. The molecule has 3 heteroatoms. The Morgan fingerprint density at radius 3 is 1.52 bits per heavy atom. The maximum Gasteiger partial charge on any atom is 0.0619 e. The first-order valence-corrected chi connectivity index (χ1v) is 23.1. The number of para-hydroxylation sites is 2. The number of rotatable bonds is 7. The summed E-state index contributed by atoms with van der Waals surface area (Å²) in [6, 6.07) is 89.3. The van der Waals surface area contributed by atoms with Crippen molar-refractivity contribution in [3.8, 4) is 39.1 Å². The minimum absolute atomic E-state index is 1.10. The van der Waals surface area contributed by atoms with Crippen LogP contribution >= 0.6 is 11.3 Å². The molecule has 2 heterocycles. The van der Waals surface area contributed by atoms with Crippen molar-refractivity contribution in [3.05, 3.63) is 243 Å². The summed E-state index contributed by atoms with van der Waals surface area (Å²) in [5.74, 6) is 0. The van der Waals surface area contributed by atoms with Crippen LogP contribution in [0.5, 0.6) is 0 Å². The molecule has 0 unspecified atom stereocenters. The summed E-state index contributed by atoms with van der Waals surface area (Å²) >= 11 is 1.86. The topological polar surface area (TPSA) is 8.17 Å². The summed E-state index contributed by atoms with van der Waals surface area (Å²) in [6.45, 7) is 0. The van der Waals surface area contributed by atoms with E-state index in [1.165, 1.54) is 96.9 Å². The van der Waals surface area contributed by atoms with E-state index in [9.17, 15) is 0 Å². The third-order valence-electron chi connectivity index (χ3n) is 13.1. The first kappa shape index (κ1) is 37.3. The summed E-state index contributed by atoms with van der Waals surface area (Å²) in [6.07, 6.45) is 0. The van der Waals surface area contributed by atoms with Gasteiger partial charge in [-0.05, 0) is 117 Å². The van der Waals surface area contributed by atoms with E-state index in [0.29, 0.717) is 0 Å². The maximum atomic E-state index is 2.55. The second-order valence-corrected chi connectivity index (χ2v) is 17.9. The van der Waals surface area contributed by atoms with Gasteiger partial charge in [0, 0.05) is 58.8 Å². The molecule has 0 amide bonds. The first-order chi connectivity index (χ1) is 32.2.